The van der Waals surface area contributed by atoms with Gasteiger partial charge in [-0.1, -0.05) is 0 Å². The molecule has 0 bridgehead atoms. The van der Waals surface area contributed by atoms with Gasteiger partial charge in [-0.25, -0.2) is 9.97 Å². The summed E-state index contributed by atoms with van der Waals surface area (Å²) in [5.41, 5.74) is -0.374. The van der Waals surface area contributed by atoms with Gasteiger partial charge in [-0.05, 0) is 0 Å². The van der Waals surface area contributed by atoms with Crippen molar-refractivity contribution in [2.45, 2.75) is 13.8 Å². The van der Waals surface area contributed by atoms with Crippen molar-refractivity contribution in [2.24, 2.45) is 0 Å². The number of hydrogen-bond acceptors (Lipinski definition) is 6. The minimum absolute atomic E-state index is 0.115. The third-order valence-corrected chi connectivity index (χ3v) is 1.70. The van der Waals surface area contributed by atoms with Crippen molar-refractivity contribution in [3.8, 4) is 12.1 Å². The fourth-order valence-electron chi connectivity index (χ4n) is 1.10. The molecular weight excluding hydrogens is 236 g/mol. The second-order valence-corrected chi connectivity index (χ2v) is 3.20. The molecule has 0 aromatic carbocycles. The van der Waals surface area contributed by atoms with E-state index in [1.165, 1.54) is 13.8 Å². The van der Waals surface area contributed by atoms with E-state index in [9.17, 15) is 9.59 Å². The minimum Gasteiger partial charge on any atom is -0.308 e. The molecule has 0 aliphatic carbocycles. The topological polar surface area (TPSA) is 132 Å². The van der Waals surface area contributed by atoms with Crippen LogP contribution in [0.2, 0.25) is 0 Å². The molecule has 8 heteroatoms. The molecule has 0 fully saturated rings. The maximum atomic E-state index is 10.9. The molecule has 1 aromatic heterocycles. The molecule has 1 rings (SSSR count). The van der Waals surface area contributed by atoms with Crippen LogP contribution in [0.5, 0.6) is 0 Å². The van der Waals surface area contributed by atoms with Crippen LogP contribution in [-0.2, 0) is 9.59 Å². The van der Waals surface area contributed by atoms with Gasteiger partial charge in [0, 0.05) is 13.8 Å². The summed E-state index contributed by atoms with van der Waals surface area (Å²) in [5.74, 6) is -1.12. The second kappa shape index (κ2) is 5.37. The number of aromatic nitrogens is 2. The van der Waals surface area contributed by atoms with Crippen LogP contribution >= 0.6 is 0 Å². The minimum atomic E-state index is -0.447. The first kappa shape index (κ1) is 13.1. The zero-order valence-corrected chi connectivity index (χ0v) is 9.61. The normalized spacial score (nSPS) is 8.89. The molecule has 1 heterocycles. The predicted molar refractivity (Wildman–Crippen MR) is 60.1 cm³/mol. The van der Waals surface area contributed by atoms with Crippen molar-refractivity contribution in [1.29, 1.82) is 10.5 Å². The molecule has 0 aliphatic heterocycles. The van der Waals surface area contributed by atoms with E-state index in [0.717, 1.165) is 0 Å². The van der Waals surface area contributed by atoms with Gasteiger partial charge in [0.2, 0.25) is 11.8 Å². The Morgan fingerprint density at radius 3 is 1.50 bits per heavy atom. The summed E-state index contributed by atoms with van der Waals surface area (Å²) in [4.78, 5) is 29.3. The largest absolute Gasteiger partial charge is 0.308 e. The highest BCUT2D eigenvalue weighted by Gasteiger charge is 2.15. The molecular formula is C10H8N6O2. The Labute approximate surface area is 102 Å². The van der Waals surface area contributed by atoms with Gasteiger partial charge < -0.3 is 10.6 Å². The van der Waals surface area contributed by atoms with Crippen molar-refractivity contribution in [3.05, 3.63) is 11.4 Å². The molecule has 0 aliphatic rings. The first-order chi connectivity index (χ1) is 8.47. The van der Waals surface area contributed by atoms with Gasteiger partial charge >= 0.3 is 0 Å². The number of anilines is 2. The van der Waals surface area contributed by atoms with Gasteiger partial charge in [-0.2, -0.15) is 10.5 Å². The van der Waals surface area contributed by atoms with E-state index < -0.39 is 11.8 Å². The summed E-state index contributed by atoms with van der Waals surface area (Å²) < 4.78 is 0. The lowest BCUT2D eigenvalue weighted by molar-refractivity contribution is -0.115. The van der Waals surface area contributed by atoms with Gasteiger partial charge in [0.25, 0.3) is 0 Å². The Bertz CT molecular complexity index is 542. The predicted octanol–water partition coefficient (Wildman–Crippen LogP) is 0.137. The average Bonchev–Trinajstić information content (AvgIpc) is 2.29. The number of rotatable bonds is 2. The van der Waals surface area contributed by atoms with E-state index in [1.807, 2.05) is 0 Å². The fraction of sp³-hybridized carbons (Fsp3) is 0.200. The van der Waals surface area contributed by atoms with Crippen LogP contribution in [0.25, 0.3) is 0 Å². The molecule has 0 spiro atoms. The van der Waals surface area contributed by atoms with E-state index in [2.05, 4.69) is 20.6 Å². The van der Waals surface area contributed by atoms with Gasteiger partial charge in [0.05, 0.1) is 0 Å². The third kappa shape index (κ3) is 3.00. The summed E-state index contributed by atoms with van der Waals surface area (Å²) in [6, 6.07) is 3.43. The van der Waals surface area contributed by atoms with Crippen molar-refractivity contribution in [3.63, 3.8) is 0 Å². The summed E-state index contributed by atoms with van der Waals surface area (Å²) in [6.07, 6.45) is 0. The molecule has 1 aromatic rings. The lowest BCUT2D eigenvalue weighted by atomic mass is 10.3. The first-order valence-electron chi connectivity index (χ1n) is 4.75. The van der Waals surface area contributed by atoms with Crippen LogP contribution in [0.15, 0.2) is 0 Å². The second-order valence-electron chi connectivity index (χ2n) is 3.20. The quantitative estimate of drug-likeness (QED) is 0.760. The van der Waals surface area contributed by atoms with Crippen molar-refractivity contribution in [1.82, 2.24) is 9.97 Å². The Hall–Kier alpha value is -3.00. The third-order valence-electron chi connectivity index (χ3n) is 1.70. The highest BCUT2D eigenvalue weighted by Crippen LogP contribution is 2.16. The van der Waals surface area contributed by atoms with E-state index >= 15 is 0 Å². The molecule has 0 saturated carbocycles. The number of nitrogens with one attached hydrogen (secondary N) is 2. The van der Waals surface area contributed by atoms with Crippen LogP contribution in [-0.4, -0.2) is 21.8 Å². The molecule has 2 N–H and O–H groups in total. The van der Waals surface area contributed by atoms with Gasteiger partial charge in [0.1, 0.15) is 12.1 Å². The number of nitrogens with zero attached hydrogens (tertiary/aromatic N) is 4. The summed E-state index contributed by atoms with van der Waals surface area (Å²) in [7, 11) is 0. The average molecular weight is 244 g/mol. The maximum Gasteiger partial charge on any atom is 0.222 e. The van der Waals surface area contributed by atoms with Gasteiger partial charge in [0.15, 0.2) is 23.0 Å². The van der Waals surface area contributed by atoms with Crippen LogP contribution in [0.3, 0.4) is 0 Å². The Balaban J connectivity index is 3.34. The first-order valence-corrected chi connectivity index (χ1v) is 4.75. The molecule has 0 unspecified atom stereocenters. The SMILES string of the molecule is CC(=O)Nc1nc(C#N)c(NC(C)=O)nc1C#N. The Morgan fingerprint density at radius 2 is 1.28 bits per heavy atom. The summed E-state index contributed by atoms with van der Waals surface area (Å²) in [5, 5.41) is 22.3. The van der Waals surface area contributed by atoms with Gasteiger partial charge in [-0.15, -0.1) is 0 Å². The Kier molecular flexibility index (Phi) is 3.89. The lowest BCUT2D eigenvalue weighted by Crippen LogP contribution is -2.15. The van der Waals surface area contributed by atoms with Crippen LogP contribution < -0.4 is 10.6 Å². The van der Waals surface area contributed by atoms with E-state index in [1.54, 1.807) is 12.1 Å². The smallest absolute Gasteiger partial charge is 0.222 e. The number of carbonyl (C=O) groups excluding carboxylic acids is 2. The highest BCUT2D eigenvalue weighted by atomic mass is 16.2. The maximum absolute atomic E-state index is 10.9. The lowest BCUT2D eigenvalue weighted by Gasteiger charge is -2.07. The molecule has 0 saturated heterocycles. The molecule has 90 valence electrons. The van der Waals surface area contributed by atoms with Gasteiger partial charge in [-0.3, -0.25) is 9.59 Å². The molecule has 18 heavy (non-hydrogen) atoms. The van der Waals surface area contributed by atoms with Crippen molar-refractivity contribution in [2.75, 3.05) is 10.6 Å². The molecule has 2 amide bonds. The van der Waals surface area contributed by atoms with Crippen LogP contribution in [0, 0.1) is 22.7 Å². The van der Waals surface area contributed by atoms with Crippen LogP contribution in [0.1, 0.15) is 25.2 Å². The van der Waals surface area contributed by atoms with Crippen molar-refractivity contribution >= 4 is 23.5 Å². The summed E-state index contributed by atoms with van der Waals surface area (Å²) in [6.45, 7) is 2.47. The van der Waals surface area contributed by atoms with E-state index in [0.29, 0.717) is 0 Å². The number of nitriles is 2. The van der Waals surface area contributed by atoms with E-state index in [-0.39, 0.29) is 23.0 Å². The zero-order valence-electron chi connectivity index (χ0n) is 9.61. The van der Waals surface area contributed by atoms with Crippen LogP contribution in [0.4, 0.5) is 11.6 Å². The molecule has 0 atom stereocenters. The molecule has 8 nitrogen and oxygen atoms in total. The van der Waals surface area contributed by atoms with Crippen molar-refractivity contribution < 1.29 is 9.59 Å². The number of amides is 2. The summed E-state index contributed by atoms with van der Waals surface area (Å²) >= 11 is 0. The zero-order chi connectivity index (χ0) is 13.7. The number of hydrogen-bond donors (Lipinski definition) is 2. The monoisotopic (exact) mass is 244 g/mol. The van der Waals surface area contributed by atoms with E-state index in [4.69, 9.17) is 10.5 Å². The Morgan fingerprint density at radius 1 is 0.944 bits per heavy atom. The molecule has 0 radical (unpaired) electrons. The fourth-order valence-corrected chi connectivity index (χ4v) is 1.10. The highest BCUT2D eigenvalue weighted by molar-refractivity contribution is 5.91. The standard InChI is InChI=1S/C10H8N6O2/c1-5(17)13-9-7(3-11)16-10(14-6(2)18)8(4-12)15-9/h1-2H3,(H,13,15,17)(H,14,16,18). The number of carbonyl (C=O) groups is 2.